The molecule has 1 aromatic carbocycles. The van der Waals surface area contributed by atoms with Gasteiger partial charge in [0.25, 0.3) is 0 Å². The largest absolute Gasteiger partial charge is 0.464 e. The van der Waals surface area contributed by atoms with Crippen molar-refractivity contribution in [3.05, 3.63) is 35.6 Å². The summed E-state index contributed by atoms with van der Waals surface area (Å²) in [6.07, 6.45) is 2.72. The van der Waals surface area contributed by atoms with Gasteiger partial charge in [-0.2, -0.15) is 0 Å². The number of hydrogen-bond donors (Lipinski definition) is 1. The average Bonchev–Trinajstić information content (AvgIpc) is 2.59. The van der Waals surface area contributed by atoms with Crippen LogP contribution in [-0.4, -0.2) is 0 Å². The molecule has 2 heteroatoms. The van der Waals surface area contributed by atoms with Gasteiger partial charge in [-0.3, -0.25) is 0 Å². The second kappa shape index (κ2) is 3.46. The Hall–Kier alpha value is -1.28. The van der Waals surface area contributed by atoms with Crippen LogP contribution in [0.15, 0.2) is 28.9 Å². The van der Waals surface area contributed by atoms with E-state index in [1.807, 2.05) is 19.1 Å². The van der Waals surface area contributed by atoms with Crippen molar-refractivity contribution in [3.8, 4) is 0 Å². The van der Waals surface area contributed by atoms with E-state index in [1.54, 1.807) is 6.26 Å². The van der Waals surface area contributed by atoms with Gasteiger partial charge in [0, 0.05) is 17.0 Å². The molecule has 0 radical (unpaired) electrons. The monoisotopic (exact) mass is 189 g/mol. The Morgan fingerprint density at radius 1 is 1.43 bits per heavy atom. The Balaban J connectivity index is 2.65. The summed E-state index contributed by atoms with van der Waals surface area (Å²) in [7, 11) is 0. The summed E-state index contributed by atoms with van der Waals surface area (Å²) in [5.41, 5.74) is 9.23. The molecule has 2 aromatic rings. The molecule has 1 unspecified atom stereocenters. The van der Waals surface area contributed by atoms with E-state index in [0.717, 1.165) is 17.6 Å². The molecule has 0 amide bonds. The molecule has 2 rings (SSSR count). The lowest BCUT2D eigenvalue weighted by Gasteiger charge is -2.08. The van der Waals surface area contributed by atoms with Gasteiger partial charge >= 0.3 is 0 Å². The van der Waals surface area contributed by atoms with Crippen molar-refractivity contribution in [3.63, 3.8) is 0 Å². The Morgan fingerprint density at radius 3 is 2.93 bits per heavy atom. The standard InChI is InChI=1S/C12H15NO/c1-3-11(13)10-6-4-5-9-8(2)7-14-12(9)10/h4-7,11H,3,13H2,1-2H3. The molecule has 2 nitrogen and oxygen atoms in total. The number of hydrogen-bond acceptors (Lipinski definition) is 2. The highest BCUT2D eigenvalue weighted by Crippen LogP contribution is 2.27. The van der Waals surface area contributed by atoms with Gasteiger partial charge in [-0.25, -0.2) is 0 Å². The number of furan rings is 1. The second-order valence-electron chi connectivity index (χ2n) is 3.66. The fraction of sp³-hybridized carbons (Fsp3) is 0.333. The number of rotatable bonds is 2. The summed E-state index contributed by atoms with van der Waals surface area (Å²) in [4.78, 5) is 0. The molecule has 74 valence electrons. The number of para-hydroxylation sites is 1. The Morgan fingerprint density at radius 2 is 2.21 bits per heavy atom. The quantitative estimate of drug-likeness (QED) is 0.788. The molecular formula is C12H15NO. The van der Waals surface area contributed by atoms with E-state index in [1.165, 1.54) is 10.9 Å². The third-order valence-corrected chi connectivity index (χ3v) is 2.66. The number of benzene rings is 1. The summed E-state index contributed by atoms with van der Waals surface area (Å²) in [6.45, 7) is 4.13. The fourth-order valence-corrected chi connectivity index (χ4v) is 1.72. The Bertz CT molecular complexity index is 445. The maximum Gasteiger partial charge on any atom is 0.138 e. The molecule has 0 bridgehead atoms. The highest BCUT2D eigenvalue weighted by Gasteiger charge is 2.11. The van der Waals surface area contributed by atoms with E-state index < -0.39 is 0 Å². The predicted molar refractivity (Wildman–Crippen MR) is 58.2 cm³/mol. The molecule has 0 saturated heterocycles. The zero-order valence-corrected chi connectivity index (χ0v) is 8.58. The Labute approximate surface area is 83.7 Å². The van der Waals surface area contributed by atoms with Gasteiger partial charge in [0.1, 0.15) is 5.58 Å². The summed E-state index contributed by atoms with van der Waals surface area (Å²) in [5.74, 6) is 0. The van der Waals surface area contributed by atoms with Crippen molar-refractivity contribution in [2.24, 2.45) is 5.73 Å². The van der Waals surface area contributed by atoms with E-state index in [-0.39, 0.29) is 6.04 Å². The van der Waals surface area contributed by atoms with Gasteiger partial charge in [-0.05, 0) is 18.9 Å². The molecule has 0 aliphatic carbocycles. The van der Waals surface area contributed by atoms with E-state index in [2.05, 4.69) is 13.0 Å². The molecule has 1 aromatic heterocycles. The first kappa shape index (κ1) is 9.28. The molecular weight excluding hydrogens is 174 g/mol. The maximum atomic E-state index is 6.01. The lowest BCUT2D eigenvalue weighted by molar-refractivity contribution is 0.596. The molecule has 0 aliphatic heterocycles. The van der Waals surface area contributed by atoms with E-state index in [4.69, 9.17) is 10.2 Å². The van der Waals surface area contributed by atoms with Crippen LogP contribution in [0.3, 0.4) is 0 Å². The molecule has 1 atom stereocenters. The number of aryl methyl sites for hydroxylation is 1. The summed E-state index contributed by atoms with van der Waals surface area (Å²) < 4.78 is 5.52. The Kier molecular flexibility index (Phi) is 2.30. The molecule has 1 heterocycles. The molecule has 0 fully saturated rings. The van der Waals surface area contributed by atoms with Gasteiger partial charge in [0.15, 0.2) is 0 Å². The van der Waals surface area contributed by atoms with Crippen LogP contribution in [0.2, 0.25) is 0 Å². The SMILES string of the molecule is CCC(N)c1cccc2c(C)coc12. The first-order valence-electron chi connectivity index (χ1n) is 4.96. The van der Waals surface area contributed by atoms with Gasteiger partial charge in [0.05, 0.1) is 6.26 Å². The van der Waals surface area contributed by atoms with Crippen molar-refractivity contribution in [2.75, 3.05) is 0 Å². The molecule has 0 saturated carbocycles. The van der Waals surface area contributed by atoms with E-state index in [9.17, 15) is 0 Å². The van der Waals surface area contributed by atoms with Gasteiger partial charge in [-0.1, -0.05) is 25.1 Å². The number of fused-ring (bicyclic) bond motifs is 1. The lowest BCUT2D eigenvalue weighted by Crippen LogP contribution is -2.08. The van der Waals surface area contributed by atoms with Crippen molar-refractivity contribution in [2.45, 2.75) is 26.3 Å². The van der Waals surface area contributed by atoms with Crippen molar-refractivity contribution >= 4 is 11.0 Å². The van der Waals surface area contributed by atoms with Crippen LogP contribution in [0.5, 0.6) is 0 Å². The van der Waals surface area contributed by atoms with Crippen LogP contribution in [0.1, 0.15) is 30.5 Å². The minimum Gasteiger partial charge on any atom is -0.464 e. The summed E-state index contributed by atoms with van der Waals surface area (Å²) in [5, 5.41) is 1.17. The van der Waals surface area contributed by atoms with E-state index >= 15 is 0 Å². The zero-order valence-electron chi connectivity index (χ0n) is 8.58. The first-order chi connectivity index (χ1) is 6.74. The van der Waals surface area contributed by atoms with Crippen molar-refractivity contribution < 1.29 is 4.42 Å². The maximum absolute atomic E-state index is 6.01. The van der Waals surface area contributed by atoms with Crippen LogP contribution in [0, 0.1) is 6.92 Å². The van der Waals surface area contributed by atoms with Gasteiger partial charge < -0.3 is 10.2 Å². The second-order valence-corrected chi connectivity index (χ2v) is 3.66. The van der Waals surface area contributed by atoms with Crippen LogP contribution < -0.4 is 5.73 Å². The molecule has 0 spiro atoms. The predicted octanol–water partition coefficient (Wildman–Crippen LogP) is 3.15. The van der Waals surface area contributed by atoms with Crippen LogP contribution in [-0.2, 0) is 0 Å². The van der Waals surface area contributed by atoms with Crippen LogP contribution in [0.25, 0.3) is 11.0 Å². The highest BCUT2D eigenvalue weighted by molar-refractivity contribution is 5.84. The molecule has 14 heavy (non-hydrogen) atoms. The minimum absolute atomic E-state index is 0.0734. The topological polar surface area (TPSA) is 39.2 Å². The number of nitrogens with two attached hydrogens (primary N) is 1. The molecule has 0 aliphatic rings. The van der Waals surface area contributed by atoms with Crippen molar-refractivity contribution in [1.29, 1.82) is 0 Å². The summed E-state index contributed by atoms with van der Waals surface area (Å²) >= 11 is 0. The normalized spacial score (nSPS) is 13.4. The van der Waals surface area contributed by atoms with Crippen LogP contribution in [0.4, 0.5) is 0 Å². The van der Waals surface area contributed by atoms with Gasteiger partial charge in [0.2, 0.25) is 0 Å². The van der Waals surface area contributed by atoms with Gasteiger partial charge in [-0.15, -0.1) is 0 Å². The zero-order chi connectivity index (χ0) is 10.1. The first-order valence-corrected chi connectivity index (χ1v) is 4.96. The van der Waals surface area contributed by atoms with Crippen molar-refractivity contribution in [1.82, 2.24) is 0 Å². The molecule has 2 N–H and O–H groups in total. The van der Waals surface area contributed by atoms with Crippen LogP contribution >= 0.6 is 0 Å². The summed E-state index contributed by atoms with van der Waals surface area (Å²) in [6, 6.07) is 6.22. The minimum atomic E-state index is 0.0734. The van der Waals surface area contributed by atoms with E-state index in [0.29, 0.717) is 0 Å². The highest BCUT2D eigenvalue weighted by atomic mass is 16.3. The average molecular weight is 189 g/mol. The lowest BCUT2D eigenvalue weighted by atomic mass is 10.0. The third kappa shape index (κ3) is 1.32. The third-order valence-electron chi connectivity index (χ3n) is 2.66. The fourth-order valence-electron chi connectivity index (χ4n) is 1.72. The smallest absolute Gasteiger partial charge is 0.138 e.